The smallest absolute Gasteiger partial charge is 0.272 e. The number of rotatable bonds is 5. The lowest BCUT2D eigenvalue weighted by atomic mass is 10.2. The zero-order chi connectivity index (χ0) is 13.7. The summed E-state index contributed by atoms with van der Waals surface area (Å²) in [6.45, 7) is 8.01. The first-order chi connectivity index (χ1) is 8.49. The van der Waals surface area contributed by atoms with Gasteiger partial charge in [0, 0.05) is 19.0 Å². The van der Waals surface area contributed by atoms with E-state index in [4.69, 9.17) is 0 Å². The van der Waals surface area contributed by atoms with Crippen molar-refractivity contribution in [3.63, 3.8) is 0 Å². The summed E-state index contributed by atoms with van der Waals surface area (Å²) in [7, 11) is 1.76. The minimum absolute atomic E-state index is 0.139. The zero-order valence-electron chi connectivity index (χ0n) is 11.7. The van der Waals surface area contributed by atoms with Crippen LogP contribution in [0.4, 0.5) is 5.69 Å². The van der Waals surface area contributed by atoms with Crippen LogP contribution in [-0.2, 0) is 0 Å². The molecule has 1 rings (SSSR count). The first kappa shape index (κ1) is 14.4. The molecule has 5 heteroatoms. The minimum Gasteiger partial charge on any atom is -0.385 e. The van der Waals surface area contributed by atoms with Crippen LogP contribution >= 0.6 is 0 Å². The van der Waals surface area contributed by atoms with E-state index in [-0.39, 0.29) is 17.9 Å². The maximum absolute atomic E-state index is 12.1. The highest BCUT2D eigenvalue weighted by Gasteiger charge is 2.17. The van der Waals surface area contributed by atoms with E-state index in [1.807, 2.05) is 27.7 Å². The number of nitrogens with one attached hydrogen (secondary N) is 2. The summed E-state index contributed by atoms with van der Waals surface area (Å²) in [4.78, 5) is 20.7. The molecule has 5 nitrogen and oxygen atoms in total. The minimum atomic E-state index is -0.155. The summed E-state index contributed by atoms with van der Waals surface area (Å²) in [6, 6.07) is 0.139. The molecular formula is C13H22N4O. The molecule has 0 aliphatic heterocycles. The summed E-state index contributed by atoms with van der Waals surface area (Å²) in [5, 5.41) is 5.87. The van der Waals surface area contributed by atoms with Gasteiger partial charge in [-0.3, -0.25) is 4.79 Å². The van der Waals surface area contributed by atoms with Gasteiger partial charge in [-0.05, 0) is 13.3 Å². The van der Waals surface area contributed by atoms with Crippen LogP contribution in [0.1, 0.15) is 56.3 Å². The Bertz CT molecular complexity index is 417. The lowest BCUT2D eigenvalue weighted by Gasteiger charge is -2.14. The molecule has 1 aromatic heterocycles. The van der Waals surface area contributed by atoms with Crippen molar-refractivity contribution in [3.05, 3.63) is 17.7 Å². The average molecular weight is 250 g/mol. The summed E-state index contributed by atoms with van der Waals surface area (Å²) >= 11 is 0. The van der Waals surface area contributed by atoms with Crippen LogP contribution in [0.25, 0.3) is 0 Å². The van der Waals surface area contributed by atoms with Gasteiger partial charge in [0.25, 0.3) is 5.91 Å². The largest absolute Gasteiger partial charge is 0.385 e. The number of hydrogen-bond donors (Lipinski definition) is 2. The number of amides is 1. The molecule has 1 unspecified atom stereocenters. The summed E-state index contributed by atoms with van der Waals surface area (Å²) in [6.07, 6.45) is 2.55. The molecule has 1 atom stereocenters. The molecule has 0 aromatic carbocycles. The van der Waals surface area contributed by atoms with E-state index in [1.54, 1.807) is 13.2 Å². The fourth-order valence-corrected chi connectivity index (χ4v) is 1.42. The van der Waals surface area contributed by atoms with Crippen LogP contribution in [0.3, 0.4) is 0 Å². The summed E-state index contributed by atoms with van der Waals surface area (Å²) < 4.78 is 0. The van der Waals surface area contributed by atoms with Crippen LogP contribution in [0.15, 0.2) is 6.20 Å². The van der Waals surface area contributed by atoms with Crippen LogP contribution in [0.2, 0.25) is 0 Å². The quantitative estimate of drug-likeness (QED) is 0.840. The van der Waals surface area contributed by atoms with Crippen LogP contribution in [-0.4, -0.2) is 29.0 Å². The molecule has 100 valence electrons. The van der Waals surface area contributed by atoms with Crippen LogP contribution in [0, 0.1) is 0 Å². The second kappa shape index (κ2) is 6.33. The van der Waals surface area contributed by atoms with E-state index in [0.717, 1.165) is 6.42 Å². The Balaban J connectivity index is 3.04. The third kappa shape index (κ3) is 3.42. The predicted molar refractivity (Wildman–Crippen MR) is 72.9 cm³/mol. The molecular weight excluding hydrogens is 228 g/mol. The standard InChI is InChI=1S/C13H22N4O/c1-6-9(4)16-13(18)11-10(14-5)7-15-12(17-11)8(2)3/h7-9,14H,6H2,1-5H3,(H,16,18). The Morgan fingerprint density at radius 1 is 1.39 bits per heavy atom. The number of nitrogens with zero attached hydrogens (tertiary/aromatic N) is 2. The van der Waals surface area contributed by atoms with E-state index < -0.39 is 0 Å². The molecule has 0 fully saturated rings. The Morgan fingerprint density at radius 2 is 2.06 bits per heavy atom. The lowest BCUT2D eigenvalue weighted by molar-refractivity contribution is 0.0934. The maximum Gasteiger partial charge on any atom is 0.272 e. The van der Waals surface area contributed by atoms with Crippen molar-refractivity contribution in [1.29, 1.82) is 0 Å². The normalized spacial score (nSPS) is 12.3. The molecule has 0 aliphatic carbocycles. The third-order valence-electron chi connectivity index (χ3n) is 2.80. The second-order valence-electron chi connectivity index (χ2n) is 4.68. The van der Waals surface area contributed by atoms with Gasteiger partial charge in [0.2, 0.25) is 0 Å². The van der Waals surface area contributed by atoms with Crippen molar-refractivity contribution in [1.82, 2.24) is 15.3 Å². The van der Waals surface area contributed by atoms with Gasteiger partial charge in [-0.1, -0.05) is 20.8 Å². The molecule has 0 bridgehead atoms. The van der Waals surface area contributed by atoms with Gasteiger partial charge in [-0.2, -0.15) is 0 Å². The highest BCUT2D eigenvalue weighted by molar-refractivity contribution is 5.97. The van der Waals surface area contributed by atoms with Gasteiger partial charge in [0.15, 0.2) is 5.69 Å². The van der Waals surface area contributed by atoms with Gasteiger partial charge in [0.1, 0.15) is 5.82 Å². The van der Waals surface area contributed by atoms with Crippen molar-refractivity contribution < 1.29 is 4.79 Å². The molecule has 2 N–H and O–H groups in total. The molecule has 0 saturated heterocycles. The van der Waals surface area contributed by atoms with Gasteiger partial charge >= 0.3 is 0 Å². The first-order valence-corrected chi connectivity index (χ1v) is 6.35. The van der Waals surface area contributed by atoms with E-state index in [0.29, 0.717) is 17.2 Å². The zero-order valence-corrected chi connectivity index (χ0v) is 11.7. The molecule has 0 saturated carbocycles. The van der Waals surface area contributed by atoms with Gasteiger partial charge in [0.05, 0.1) is 11.9 Å². The lowest BCUT2D eigenvalue weighted by Crippen LogP contribution is -2.33. The van der Waals surface area contributed by atoms with Crippen molar-refractivity contribution in [2.45, 2.75) is 46.1 Å². The number of hydrogen-bond acceptors (Lipinski definition) is 4. The highest BCUT2D eigenvalue weighted by Crippen LogP contribution is 2.16. The molecule has 1 amide bonds. The van der Waals surface area contributed by atoms with E-state index >= 15 is 0 Å². The third-order valence-corrected chi connectivity index (χ3v) is 2.80. The predicted octanol–water partition coefficient (Wildman–Crippen LogP) is 2.17. The number of carbonyl (C=O) groups is 1. The first-order valence-electron chi connectivity index (χ1n) is 6.35. The maximum atomic E-state index is 12.1. The second-order valence-corrected chi connectivity index (χ2v) is 4.68. The SMILES string of the molecule is CCC(C)NC(=O)c1nc(C(C)C)ncc1NC. The van der Waals surface area contributed by atoms with E-state index in [1.165, 1.54) is 0 Å². The molecule has 0 radical (unpaired) electrons. The Morgan fingerprint density at radius 3 is 2.56 bits per heavy atom. The summed E-state index contributed by atoms with van der Waals surface area (Å²) in [5.74, 6) is 0.729. The highest BCUT2D eigenvalue weighted by atomic mass is 16.2. The van der Waals surface area contributed by atoms with Crippen molar-refractivity contribution in [2.75, 3.05) is 12.4 Å². The van der Waals surface area contributed by atoms with Gasteiger partial charge < -0.3 is 10.6 Å². The van der Waals surface area contributed by atoms with Crippen molar-refractivity contribution in [2.24, 2.45) is 0 Å². The Labute approximate surface area is 108 Å². The molecule has 1 heterocycles. The monoisotopic (exact) mass is 250 g/mol. The van der Waals surface area contributed by atoms with Crippen molar-refractivity contribution in [3.8, 4) is 0 Å². The molecule has 1 aromatic rings. The fraction of sp³-hybridized carbons (Fsp3) is 0.615. The molecule has 18 heavy (non-hydrogen) atoms. The molecule has 0 aliphatic rings. The average Bonchev–Trinajstić information content (AvgIpc) is 2.37. The Hall–Kier alpha value is -1.65. The summed E-state index contributed by atoms with van der Waals surface area (Å²) in [5.41, 5.74) is 1.07. The topological polar surface area (TPSA) is 66.9 Å². The number of carbonyl (C=O) groups excluding carboxylic acids is 1. The van der Waals surface area contributed by atoms with E-state index in [9.17, 15) is 4.79 Å². The van der Waals surface area contributed by atoms with Crippen LogP contribution < -0.4 is 10.6 Å². The van der Waals surface area contributed by atoms with Crippen molar-refractivity contribution >= 4 is 11.6 Å². The molecule has 0 spiro atoms. The number of aromatic nitrogens is 2. The van der Waals surface area contributed by atoms with Gasteiger partial charge in [-0.15, -0.1) is 0 Å². The van der Waals surface area contributed by atoms with E-state index in [2.05, 4.69) is 20.6 Å². The number of anilines is 1. The fourth-order valence-electron chi connectivity index (χ4n) is 1.42. The Kier molecular flexibility index (Phi) is 5.07. The van der Waals surface area contributed by atoms with Gasteiger partial charge in [-0.25, -0.2) is 9.97 Å². The van der Waals surface area contributed by atoms with Crippen LogP contribution in [0.5, 0.6) is 0 Å².